The van der Waals surface area contributed by atoms with E-state index in [-0.39, 0.29) is 12.0 Å². The van der Waals surface area contributed by atoms with Gasteiger partial charge in [-0.05, 0) is 29.3 Å². The highest BCUT2D eigenvalue weighted by molar-refractivity contribution is 5.79. The molecule has 1 atom stereocenters. The number of carbonyl (C=O) groups is 1. The van der Waals surface area contributed by atoms with Crippen LogP contribution in [0.4, 0.5) is 0 Å². The summed E-state index contributed by atoms with van der Waals surface area (Å²) < 4.78 is 7.72. The van der Waals surface area contributed by atoms with Crippen molar-refractivity contribution in [2.24, 2.45) is 0 Å². The molecule has 7 heteroatoms. The van der Waals surface area contributed by atoms with Crippen LogP contribution >= 0.6 is 0 Å². The molecule has 1 saturated heterocycles. The number of pyridine rings is 2. The van der Waals surface area contributed by atoms with Gasteiger partial charge in [0.05, 0.1) is 25.1 Å². The second-order valence-electron chi connectivity index (χ2n) is 7.32. The van der Waals surface area contributed by atoms with Crippen molar-refractivity contribution in [2.45, 2.75) is 12.5 Å². The molecule has 0 bridgehead atoms. The third kappa shape index (κ3) is 3.67. The summed E-state index contributed by atoms with van der Waals surface area (Å²) in [6, 6.07) is 17.8. The van der Waals surface area contributed by atoms with Crippen molar-refractivity contribution in [2.75, 3.05) is 19.7 Å². The molecule has 1 aliphatic rings. The highest BCUT2D eigenvalue weighted by Gasteiger charge is 2.28. The van der Waals surface area contributed by atoms with E-state index in [0.717, 1.165) is 27.9 Å². The van der Waals surface area contributed by atoms with Crippen molar-refractivity contribution in [3.05, 3.63) is 84.4 Å². The molecule has 0 spiro atoms. The highest BCUT2D eigenvalue weighted by Crippen LogP contribution is 2.26. The number of amides is 1. The number of ether oxygens (including phenoxy) is 1. The number of hydrogen-bond donors (Lipinski definition) is 0. The van der Waals surface area contributed by atoms with E-state index in [1.165, 1.54) is 0 Å². The lowest BCUT2D eigenvalue weighted by Gasteiger charge is -2.32. The maximum atomic E-state index is 12.8. The Balaban J connectivity index is 1.35. The number of nitrogens with zero attached hydrogens (tertiary/aromatic N) is 5. The van der Waals surface area contributed by atoms with Crippen molar-refractivity contribution >= 4 is 11.4 Å². The summed E-state index contributed by atoms with van der Waals surface area (Å²) in [6.07, 6.45) is 5.59. The Morgan fingerprint density at radius 2 is 1.87 bits per heavy atom. The van der Waals surface area contributed by atoms with Crippen LogP contribution in [-0.4, -0.2) is 50.3 Å². The zero-order valence-corrected chi connectivity index (χ0v) is 16.4. The van der Waals surface area contributed by atoms with Crippen LogP contribution in [0.15, 0.2) is 73.2 Å². The number of rotatable bonds is 4. The number of morpholine rings is 1. The minimum atomic E-state index is -0.289. The fraction of sp³-hybridized carbons (Fsp3) is 0.217. The zero-order valence-electron chi connectivity index (χ0n) is 16.4. The fourth-order valence-electron chi connectivity index (χ4n) is 3.78. The third-order valence-corrected chi connectivity index (χ3v) is 5.38. The SMILES string of the molecule is O=C(Cc1ccccc1)N1CCO[C@H](c2nnn3cc(-c4ccncc4)ccc23)C1. The van der Waals surface area contributed by atoms with E-state index in [1.54, 1.807) is 16.9 Å². The van der Waals surface area contributed by atoms with Crippen LogP contribution in [0.2, 0.25) is 0 Å². The van der Waals surface area contributed by atoms with E-state index < -0.39 is 0 Å². The Bertz CT molecular complexity index is 1160. The maximum Gasteiger partial charge on any atom is 0.227 e. The molecule has 1 aliphatic heterocycles. The predicted molar refractivity (Wildman–Crippen MR) is 112 cm³/mol. The number of carbonyl (C=O) groups excluding carboxylic acids is 1. The molecule has 30 heavy (non-hydrogen) atoms. The van der Waals surface area contributed by atoms with Gasteiger partial charge >= 0.3 is 0 Å². The molecule has 4 heterocycles. The van der Waals surface area contributed by atoms with Gasteiger partial charge in [0, 0.05) is 30.7 Å². The summed E-state index contributed by atoms with van der Waals surface area (Å²) in [6.45, 7) is 1.55. The Kier molecular flexibility index (Phi) is 4.94. The summed E-state index contributed by atoms with van der Waals surface area (Å²) in [5, 5.41) is 8.65. The van der Waals surface area contributed by atoms with Crippen LogP contribution < -0.4 is 0 Å². The molecule has 7 nitrogen and oxygen atoms in total. The first-order valence-corrected chi connectivity index (χ1v) is 9.96. The standard InChI is InChI=1S/C23H21N5O2/c29-22(14-17-4-2-1-3-5-17)27-12-13-30-21(16-27)23-20-7-6-19(15-28(20)26-25-23)18-8-10-24-11-9-18/h1-11,15,21H,12-14,16H2/t21-/m0/s1. The van der Waals surface area contributed by atoms with Gasteiger partial charge in [-0.3, -0.25) is 9.78 Å². The Morgan fingerprint density at radius 3 is 2.70 bits per heavy atom. The van der Waals surface area contributed by atoms with Crippen molar-refractivity contribution in [3.8, 4) is 11.1 Å². The molecule has 0 unspecified atom stereocenters. The molecule has 150 valence electrons. The Morgan fingerprint density at radius 1 is 1.03 bits per heavy atom. The van der Waals surface area contributed by atoms with Crippen LogP contribution in [0.5, 0.6) is 0 Å². The Labute approximate surface area is 173 Å². The normalized spacial score (nSPS) is 16.7. The number of benzene rings is 1. The summed E-state index contributed by atoms with van der Waals surface area (Å²) in [5.41, 5.74) is 4.76. The topological polar surface area (TPSA) is 72.6 Å². The van der Waals surface area contributed by atoms with Gasteiger partial charge < -0.3 is 9.64 Å². The minimum absolute atomic E-state index is 0.103. The fourth-order valence-corrected chi connectivity index (χ4v) is 3.78. The summed E-state index contributed by atoms with van der Waals surface area (Å²) in [7, 11) is 0. The van der Waals surface area contributed by atoms with Gasteiger partial charge in [0.2, 0.25) is 5.91 Å². The van der Waals surface area contributed by atoms with Crippen LogP contribution in [0.1, 0.15) is 17.4 Å². The minimum Gasteiger partial charge on any atom is -0.368 e. The molecule has 0 aliphatic carbocycles. The monoisotopic (exact) mass is 399 g/mol. The number of aromatic nitrogens is 4. The van der Waals surface area contributed by atoms with Gasteiger partial charge in [0.15, 0.2) is 0 Å². The van der Waals surface area contributed by atoms with Gasteiger partial charge in [-0.15, -0.1) is 5.10 Å². The predicted octanol–water partition coefficient (Wildman–Crippen LogP) is 2.93. The molecule has 1 fully saturated rings. The van der Waals surface area contributed by atoms with Gasteiger partial charge in [-0.1, -0.05) is 41.6 Å². The summed E-state index contributed by atoms with van der Waals surface area (Å²) >= 11 is 0. The average molecular weight is 399 g/mol. The lowest BCUT2D eigenvalue weighted by atomic mass is 10.1. The first-order chi connectivity index (χ1) is 14.8. The van der Waals surface area contributed by atoms with Gasteiger partial charge in [0.1, 0.15) is 11.8 Å². The van der Waals surface area contributed by atoms with Gasteiger partial charge in [-0.2, -0.15) is 0 Å². The first-order valence-electron chi connectivity index (χ1n) is 9.96. The molecule has 3 aromatic heterocycles. The van der Waals surface area contributed by atoms with Gasteiger partial charge in [0.25, 0.3) is 0 Å². The largest absolute Gasteiger partial charge is 0.368 e. The molecule has 0 N–H and O–H groups in total. The van der Waals surface area contributed by atoms with E-state index in [0.29, 0.717) is 26.1 Å². The quantitative estimate of drug-likeness (QED) is 0.528. The molecular weight excluding hydrogens is 378 g/mol. The number of hydrogen-bond acceptors (Lipinski definition) is 5. The molecule has 1 aromatic carbocycles. The van der Waals surface area contributed by atoms with Crippen LogP contribution in [0, 0.1) is 0 Å². The van der Waals surface area contributed by atoms with E-state index in [4.69, 9.17) is 4.74 Å². The first kappa shape index (κ1) is 18.4. The van der Waals surface area contributed by atoms with Crippen LogP contribution in [0.25, 0.3) is 16.6 Å². The molecule has 0 radical (unpaired) electrons. The lowest BCUT2D eigenvalue weighted by Crippen LogP contribution is -2.43. The van der Waals surface area contributed by atoms with Crippen molar-refractivity contribution in [1.82, 2.24) is 24.7 Å². The molecule has 0 saturated carbocycles. The third-order valence-electron chi connectivity index (χ3n) is 5.38. The molecule has 5 rings (SSSR count). The van der Waals surface area contributed by atoms with E-state index in [2.05, 4.69) is 15.3 Å². The second-order valence-corrected chi connectivity index (χ2v) is 7.32. The molecular formula is C23H21N5O2. The Hall–Kier alpha value is -3.58. The smallest absolute Gasteiger partial charge is 0.227 e. The zero-order chi connectivity index (χ0) is 20.3. The lowest BCUT2D eigenvalue weighted by molar-refractivity contribution is -0.138. The molecule has 1 amide bonds. The van der Waals surface area contributed by atoms with Crippen molar-refractivity contribution in [3.63, 3.8) is 0 Å². The molecule has 4 aromatic rings. The highest BCUT2D eigenvalue weighted by atomic mass is 16.5. The second kappa shape index (κ2) is 8.04. The van der Waals surface area contributed by atoms with Crippen LogP contribution in [-0.2, 0) is 16.0 Å². The van der Waals surface area contributed by atoms with E-state index in [1.807, 2.05) is 65.7 Å². The maximum absolute atomic E-state index is 12.8. The summed E-state index contributed by atoms with van der Waals surface area (Å²) in [4.78, 5) is 18.7. The van der Waals surface area contributed by atoms with Crippen LogP contribution in [0.3, 0.4) is 0 Å². The van der Waals surface area contributed by atoms with E-state index >= 15 is 0 Å². The average Bonchev–Trinajstić information content (AvgIpc) is 3.24. The summed E-state index contributed by atoms with van der Waals surface area (Å²) in [5.74, 6) is 0.103. The van der Waals surface area contributed by atoms with Crippen molar-refractivity contribution in [1.29, 1.82) is 0 Å². The van der Waals surface area contributed by atoms with Gasteiger partial charge in [-0.25, -0.2) is 4.52 Å². The number of fused-ring (bicyclic) bond motifs is 1. The van der Waals surface area contributed by atoms with Crippen molar-refractivity contribution < 1.29 is 9.53 Å². The van der Waals surface area contributed by atoms with E-state index in [9.17, 15) is 4.79 Å².